The zero-order valence-corrected chi connectivity index (χ0v) is 38.8. The molecule has 3 N–H and O–H groups in total. The van der Waals surface area contributed by atoms with Crippen LogP contribution in [-0.4, -0.2) is 139 Å². The van der Waals surface area contributed by atoms with E-state index in [4.69, 9.17) is 47.4 Å². The number of hydrogen-bond donors (Lipinski definition) is 3. The van der Waals surface area contributed by atoms with Crippen molar-refractivity contribution in [1.82, 2.24) is 0 Å². The van der Waals surface area contributed by atoms with Gasteiger partial charge in [-0.3, -0.25) is 4.79 Å². The van der Waals surface area contributed by atoms with Crippen LogP contribution in [0.25, 0.3) is 0 Å². The summed E-state index contributed by atoms with van der Waals surface area (Å²) in [5.41, 5.74) is 0.141. The number of carbonyl (C=O) groups is 1. The molecule has 0 saturated carbocycles. The number of ether oxygens (including phenoxy) is 10. The first-order chi connectivity index (χ1) is 30.6. The van der Waals surface area contributed by atoms with E-state index in [9.17, 15) is 20.1 Å². The van der Waals surface area contributed by atoms with E-state index in [-0.39, 0.29) is 36.8 Å². The van der Waals surface area contributed by atoms with Crippen molar-refractivity contribution in [3.05, 3.63) is 71.4 Å². The number of aliphatic hydroxyl groups is 3. The maximum atomic E-state index is 14.4. The molecule has 1 spiro atoms. The number of rotatable bonds is 7. The molecule has 14 heteroatoms. The number of methoxy groups -OCH3 is 2. The minimum atomic E-state index is -1.84. The van der Waals surface area contributed by atoms with E-state index in [2.05, 4.69) is 38.2 Å². The lowest BCUT2D eigenvalue weighted by Gasteiger charge is -2.49. The van der Waals surface area contributed by atoms with E-state index in [1.54, 1.807) is 40.2 Å². The highest BCUT2D eigenvalue weighted by atomic mass is 16.7. The van der Waals surface area contributed by atoms with E-state index < -0.39 is 90.8 Å². The smallest absolute Gasteiger partial charge is 0.316 e. The molecule has 8 rings (SSSR count). The van der Waals surface area contributed by atoms with Gasteiger partial charge in [0, 0.05) is 51.7 Å². The average Bonchev–Trinajstić information content (AvgIpc) is 3.62. The molecule has 2 unspecified atom stereocenters. The van der Waals surface area contributed by atoms with Crippen LogP contribution < -0.4 is 0 Å². The zero-order valence-electron chi connectivity index (χ0n) is 38.8. The number of carbonyl (C=O) groups excluding carboxylic acids is 1. The van der Waals surface area contributed by atoms with Gasteiger partial charge in [-0.2, -0.15) is 0 Å². The summed E-state index contributed by atoms with van der Waals surface area (Å²) in [6.07, 6.45) is 15.2. The van der Waals surface area contributed by atoms with Gasteiger partial charge in [-0.05, 0) is 82.1 Å². The second-order valence-corrected chi connectivity index (χ2v) is 19.6. The minimum Gasteiger partial charge on any atom is -0.462 e. The van der Waals surface area contributed by atoms with Crippen molar-refractivity contribution in [2.24, 2.45) is 23.7 Å². The fraction of sp³-hybridized carbons (Fsp3) is 0.740. The lowest BCUT2D eigenvalue weighted by atomic mass is 9.71. The topological polar surface area (TPSA) is 170 Å². The molecular weight excluding hydrogens is 825 g/mol. The maximum Gasteiger partial charge on any atom is 0.316 e. The van der Waals surface area contributed by atoms with Crippen LogP contribution in [0.3, 0.4) is 0 Å². The first-order valence-corrected chi connectivity index (χ1v) is 23.6. The highest BCUT2D eigenvalue weighted by Crippen LogP contribution is 2.47. The summed E-state index contributed by atoms with van der Waals surface area (Å²) >= 11 is 0. The third-order valence-corrected chi connectivity index (χ3v) is 15.1. The van der Waals surface area contributed by atoms with E-state index in [1.165, 1.54) is 0 Å². The number of esters is 1. The van der Waals surface area contributed by atoms with Crippen LogP contribution in [0.4, 0.5) is 0 Å². The summed E-state index contributed by atoms with van der Waals surface area (Å²) in [6.45, 7) is 11.8. The van der Waals surface area contributed by atoms with Gasteiger partial charge < -0.3 is 62.7 Å². The fourth-order valence-corrected chi connectivity index (χ4v) is 11.3. The van der Waals surface area contributed by atoms with Gasteiger partial charge in [-0.1, -0.05) is 62.5 Å². The van der Waals surface area contributed by atoms with Gasteiger partial charge in [0.2, 0.25) is 0 Å². The summed E-state index contributed by atoms with van der Waals surface area (Å²) in [5, 5.41) is 34.3. The average molecular weight is 897 g/mol. The predicted octanol–water partition coefficient (Wildman–Crippen LogP) is 5.69. The van der Waals surface area contributed by atoms with Crippen molar-refractivity contribution >= 4 is 5.97 Å². The van der Waals surface area contributed by atoms with E-state index in [0.29, 0.717) is 49.2 Å². The van der Waals surface area contributed by atoms with Gasteiger partial charge in [0.05, 0.1) is 49.3 Å². The van der Waals surface area contributed by atoms with Crippen LogP contribution in [0.5, 0.6) is 0 Å². The number of allylic oxidation sites excluding steroid dienone is 4. The van der Waals surface area contributed by atoms with Crippen molar-refractivity contribution in [2.75, 3.05) is 20.8 Å². The summed E-state index contributed by atoms with van der Waals surface area (Å²) in [4.78, 5) is 14.4. The predicted molar refractivity (Wildman–Crippen MR) is 234 cm³/mol. The summed E-state index contributed by atoms with van der Waals surface area (Å²) in [5.74, 6) is -2.49. The van der Waals surface area contributed by atoms with Gasteiger partial charge in [0.15, 0.2) is 18.4 Å². The summed E-state index contributed by atoms with van der Waals surface area (Å²) in [6, 6.07) is 0. The largest absolute Gasteiger partial charge is 0.462 e. The van der Waals surface area contributed by atoms with Crippen LogP contribution in [0.2, 0.25) is 0 Å². The third-order valence-electron chi connectivity index (χ3n) is 15.1. The lowest BCUT2D eigenvalue weighted by molar-refractivity contribution is -0.318. The number of fused-ring (bicyclic) bond motifs is 2. The SMILES string of the molecule is CO[C@H]1C[C@H](O[C@H]2[C@H](C)O[C@@H](O[C@@H]3/C(C)=C\C[C@@H]4C[C@@H](C[C@]5(C=C[C@H](C)C(C6CC=CCC6)O5)O4)OC(=O)[C@@H]4C=C(C)[C@@H](O)[C@H]5OCC(=C/C=C\[C@@H]3C)[C@]54O)C[C@@H]2OC)O[C@@H](C)[C@@H]1O. The van der Waals surface area contributed by atoms with Crippen LogP contribution >= 0.6 is 0 Å². The lowest BCUT2D eigenvalue weighted by Crippen LogP contribution is -2.58. The summed E-state index contributed by atoms with van der Waals surface area (Å²) < 4.78 is 64.1. The number of hydrogen-bond acceptors (Lipinski definition) is 14. The summed E-state index contributed by atoms with van der Waals surface area (Å²) in [7, 11) is 3.22. The van der Waals surface area contributed by atoms with Gasteiger partial charge in [0.1, 0.15) is 42.0 Å². The van der Waals surface area contributed by atoms with Gasteiger partial charge >= 0.3 is 5.97 Å². The molecule has 0 aromatic rings. The molecular formula is C50H72O14. The Morgan fingerprint density at radius 1 is 0.828 bits per heavy atom. The second-order valence-electron chi connectivity index (χ2n) is 19.6. The maximum absolute atomic E-state index is 14.4. The van der Waals surface area contributed by atoms with E-state index in [0.717, 1.165) is 24.8 Å². The van der Waals surface area contributed by atoms with Crippen molar-refractivity contribution in [1.29, 1.82) is 0 Å². The van der Waals surface area contributed by atoms with E-state index in [1.807, 2.05) is 32.1 Å². The highest BCUT2D eigenvalue weighted by molar-refractivity contribution is 5.78. The Labute approximate surface area is 378 Å². The van der Waals surface area contributed by atoms with Gasteiger partial charge in [0.25, 0.3) is 0 Å². The molecule has 6 heterocycles. The molecule has 6 aliphatic heterocycles. The minimum absolute atomic E-state index is 0.0324. The molecule has 2 bridgehead atoms. The monoisotopic (exact) mass is 896 g/mol. The van der Waals surface area contributed by atoms with Gasteiger partial charge in [-0.25, -0.2) is 0 Å². The van der Waals surface area contributed by atoms with Crippen molar-refractivity contribution in [3.63, 3.8) is 0 Å². The molecule has 356 valence electrons. The Kier molecular flexibility index (Phi) is 14.9. The van der Waals surface area contributed by atoms with Crippen LogP contribution in [-0.2, 0) is 52.2 Å². The molecule has 0 aromatic heterocycles. The molecule has 4 fully saturated rings. The Balaban J connectivity index is 1.08. The van der Waals surface area contributed by atoms with Crippen LogP contribution in [0, 0.1) is 23.7 Å². The first kappa shape index (κ1) is 47.9. The zero-order chi connectivity index (χ0) is 45.5. The molecule has 14 nitrogen and oxygen atoms in total. The molecule has 20 atom stereocenters. The molecule has 0 amide bonds. The Morgan fingerprint density at radius 2 is 1.58 bits per heavy atom. The van der Waals surface area contributed by atoms with Crippen LogP contribution in [0.15, 0.2) is 71.4 Å². The van der Waals surface area contributed by atoms with E-state index >= 15 is 0 Å². The molecule has 2 aliphatic carbocycles. The van der Waals surface area contributed by atoms with Crippen molar-refractivity contribution in [3.8, 4) is 0 Å². The highest BCUT2D eigenvalue weighted by Gasteiger charge is 2.60. The normalized spacial score (nSPS) is 49.0. The first-order valence-electron chi connectivity index (χ1n) is 23.6. The molecule has 4 saturated heterocycles. The Hall–Kier alpha value is -2.57. The van der Waals surface area contributed by atoms with Crippen molar-refractivity contribution < 1.29 is 67.5 Å². The molecule has 8 aliphatic rings. The standard InChI is InChI=1S/C50H72O14/c1-27-13-12-16-34-26-57-47-42(51)30(4)21-37(50(34,47)54)48(53)60-36-22-35(63-49(25-36)20-19-29(3)45(64-49)33-14-10-9-11-15-33)18-17-28(2)44(27)61-41-24-39(56-8)46(32(6)59-41)62-40-23-38(55-7)43(52)31(5)58-40/h9-10,12-13,16-17,19-21,27,29,31-33,35-47,51-52,54H,11,14-15,18,22-26H2,1-8H3/b13-12-,28-17-,34-16?/t27-,29-,31-,32-,33?,35+,36-,37-,38-,39-,40-,41-,42+,43-,44-,45?,46-,47+,49+,50+/m0/s1. The van der Waals surface area contributed by atoms with Gasteiger partial charge in [-0.15, -0.1) is 0 Å². The third kappa shape index (κ3) is 9.73. The van der Waals surface area contributed by atoms with Crippen LogP contribution in [0.1, 0.15) is 92.9 Å². The Bertz CT molecular complexity index is 1840. The molecule has 64 heavy (non-hydrogen) atoms. The Morgan fingerprint density at radius 3 is 2.33 bits per heavy atom. The quantitative estimate of drug-likeness (QED) is 0.211. The number of aliphatic hydroxyl groups excluding tert-OH is 2. The van der Waals surface area contributed by atoms with Crippen molar-refractivity contribution in [2.45, 2.75) is 190 Å². The second kappa shape index (κ2) is 20.0. The fourth-order valence-electron chi connectivity index (χ4n) is 11.3. The molecule has 0 aromatic carbocycles. The molecule has 0 radical (unpaired) electrons.